The number of hydrogen-bond donors (Lipinski definition) is 1. The first-order valence-corrected chi connectivity index (χ1v) is 4.46. The van der Waals surface area contributed by atoms with E-state index in [4.69, 9.17) is 9.57 Å². The van der Waals surface area contributed by atoms with Crippen LogP contribution in [0.1, 0.15) is 33.6 Å². The minimum atomic E-state index is -0.0960. The van der Waals surface area contributed by atoms with Gasteiger partial charge in [0.05, 0.1) is 5.60 Å². The van der Waals surface area contributed by atoms with Gasteiger partial charge < -0.3 is 4.74 Å². The lowest BCUT2D eigenvalue weighted by Crippen LogP contribution is -2.29. The van der Waals surface area contributed by atoms with Crippen molar-refractivity contribution in [3.8, 4) is 0 Å². The molecule has 0 unspecified atom stereocenters. The smallest absolute Gasteiger partial charge is 0.0812 e. The summed E-state index contributed by atoms with van der Waals surface area (Å²) in [5, 5.41) is 0. The molecule has 0 atom stereocenters. The Morgan fingerprint density at radius 2 is 1.83 bits per heavy atom. The zero-order valence-corrected chi connectivity index (χ0v) is 8.64. The lowest BCUT2D eigenvalue weighted by atomic mass is 10.2. The zero-order valence-electron chi connectivity index (χ0n) is 8.64. The molecule has 0 aromatic heterocycles. The second kappa shape index (κ2) is 6.40. The fraction of sp³-hybridized carbons (Fsp3) is 1.00. The van der Waals surface area contributed by atoms with Crippen LogP contribution in [0.3, 0.4) is 0 Å². The molecule has 12 heavy (non-hydrogen) atoms. The third kappa shape index (κ3) is 9.88. The molecule has 0 saturated heterocycles. The Morgan fingerprint density at radius 3 is 2.33 bits per heavy atom. The molecule has 0 radical (unpaired) electrons. The third-order valence-corrected chi connectivity index (χ3v) is 1.26. The van der Waals surface area contributed by atoms with Crippen LogP contribution in [0.4, 0.5) is 0 Å². The van der Waals surface area contributed by atoms with Gasteiger partial charge in [-0.15, -0.1) is 0 Å². The highest BCUT2D eigenvalue weighted by Gasteiger charge is 2.08. The number of unbranched alkanes of at least 4 members (excludes halogenated alkanes) is 1. The van der Waals surface area contributed by atoms with Gasteiger partial charge in [0, 0.05) is 20.3 Å². The van der Waals surface area contributed by atoms with Crippen LogP contribution in [-0.4, -0.2) is 25.9 Å². The Kier molecular flexibility index (Phi) is 6.34. The quantitative estimate of drug-likeness (QED) is 0.492. The summed E-state index contributed by atoms with van der Waals surface area (Å²) in [5.41, 5.74) is 2.83. The third-order valence-electron chi connectivity index (χ3n) is 1.26. The summed E-state index contributed by atoms with van der Waals surface area (Å²) < 4.78 is 4.92. The van der Waals surface area contributed by atoms with Gasteiger partial charge in [-0.25, -0.2) is 5.48 Å². The molecule has 3 nitrogen and oxygen atoms in total. The maximum absolute atomic E-state index is 5.32. The van der Waals surface area contributed by atoms with Crippen LogP contribution in [0.5, 0.6) is 0 Å². The molecular weight excluding hydrogens is 154 g/mol. The zero-order chi connectivity index (χ0) is 9.45. The van der Waals surface area contributed by atoms with Crippen molar-refractivity contribution >= 4 is 0 Å². The highest BCUT2D eigenvalue weighted by Crippen LogP contribution is 2.03. The van der Waals surface area contributed by atoms with Gasteiger partial charge in [0.1, 0.15) is 0 Å². The Labute approximate surface area is 75.4 Å². The second-order valence-electron chi connectivity index (χ2n) is 3.81. The second-order valence-corrected chi connectivity index (χ2v) is 3.81. The molecule has 0 fully saturated rings. The van der Waals surface area contributed by atoms with E-state index in [0.717, 1.165) is 26.0 Å². The van der Waals surface area contributed by atoms with Gasteiger partial charge in [-0.1, -0.05) is 0 Å². The van der Waals surface area contributed by atoms with Crippen molar-refractivity contribution in [2.75, 3.05) is 20.3 Å². The predicted molar refractivity (Wildman–Crippen MR) is 50.0 cm³/mol. The SMILES string of the molecule is COCCCCNOC(C)(C)C. The highest BCUT2D eigenvalue weighted by molar-refractivity contribution is 4.56. The summed E-state index contributed by atoms with van der Waals surface area (Å²) in [7, 11) is 1.72. The number of nitrogens with one attached hydrogen (secondary N) is 1. The van der Waals surface area contributed by atoms with Crippen molar-refractivity contribution in [1.82, 2.24) is 5.48 Å². The summed E-state index contributed by atoms with van der Waals surface area (Å²) in [6, 6.07) is 0. The number of hydroxylamine groups is 1. The van der Waals surface area contributed by atoms with E-state index in [-0.39, 0.29) is 5.60 Å². The Balaban J connectivity index is 3.01. The monoisotopic (exact) mass is 175 g/mol. The van der Waals surface area contributed by atoms with Crippen LogP contribution in [0.15, 0.2) is 0 Å². The molecule has 0 bridgehead atoms. The van der Waals surface area contributed by atoms with Crippen molar-refractivity contribution in [2.45, 2.75) is 39.2 Å². The molecule has 0 aliphatic rings. The van der Waals surface area contributed by atoms with Crippen molar-refractivity contribution < 1.29 is 9.57 Å². The molecule has 0 spiro atoms. The van der Waals surface area contributed by atoms with Crippen LogP contribution in [0.25, 0.3) is 0 Å². The largest absolute Gasteiger partial charge is 0.385 e. The summed E-state index contributed by atoms with van der Waals surface area (Å²) in [4.78, 5) is 5.32. The first kappa shape index (κ1) is 11.9. The maximum Gasteiger partial charge on any atom is 0.0812 e. The lowest BCUT2D eigenvalue weighted by Gasteiger charge is -2.19. The fourth-order valence-electron chi connectivity index (χ4n) is 0.711. The Bertz CT molecular complexity index is 99.2. The van der Waals surface area contributed by atoms with Crippen molar-refractivity contribution in [3.63, 3.8) is 0 Å². The lowest BCUT2D eigenvalue weighted by molar-refractivity contribution is -0.0728. The number of ether oxygens (including phenoxy) is 1. The van der Waals surface area contributed by atoms with Crippen molar-refractivity contribution in [2.24, 2.45) is 0 Å². The topological polar surface area (TPSA) is 30.5 Å². The molecule has 0 aromatic rings. The van der Waals surface area contributed by atoms with E-state index >= 15 is 0 Å². The van der Waals surface area contributed by atoms with Crippen LogP contribution >= 0.6 is 0 Å². The van der Waals surface area contributed by atoms with E-state index in [1.807, 2.05) is 20.8 Å². The van der Waals surface area contributed by atoms with Gasteiger partial charge in [-0.05, 0) is 33.6 Å². The van der Waals surface area contributed by atoms with Crippen molar-refractivity contribution in [1.29, 1.82) is 0 Å². The average Bonchev–Trinajstić information content (AvgIpc) is 1.94. The molecule has 0 heterocycles. The van der Waals surface area contributed by atoms with E-state index in [0.29, 0.717) is 0 Å². The van der Waals surface area contributed by atoms with Crippen LogP contribution in [-0.2, 0) is 9.57 Å². The van der Waals surface area contributed by atoms with E-state index in [9.17, 15) is 0 Å². The molecule has 0 saturated carbocycles. The molecular formula is C9H21NO2. The van der Waals surface area contributed by atoms with Crippen LogP contribution < -0.4 is 5.48 Å². The number of methoxy groups -OCH3 is 1. The van der Waals surface area contributed by atoms with E-state index in [2.05, 4.69) is 5.48 Å². The first-order valence-electron chi connectivity index (χ1n) is 4.46. The van der Waals surface area contributed by atoms with Gasteiger partial charge in [0.15, 0.2) is 0 Å². The van der Waals surface area contributed by atoms with Crippen molar-refractivity contribution in [3.05, 3.63) is 0 Å². The standard InChI is InChI=1S/C9H21NO2/c1-9(2,3)12-10-7-5-6-8-11-4/h10H,5-8H2,1-4H3. The molecule has 74 valence electrons. The molecule has 0 rings (SSSR count). The van der Waals surface area contributed by atoms with Gasteiger partial charge in [0.25, 0.3) is 0 Å². The minimum absolute atomic E-state index is 0.0960. The Morgan fingerprint density at radius 1 is 1.17 bits per heavy atom. The van der Waals surface area contributed by atoms with Crippen LogP contribution in [0, 0.1) is 0 Å². The molecule has 0 aromatic carbocycles. The van der Waals surface area contributed by atoms with Gasteiger partial charge in [-0.2, -0.15) is 0 Å². The molecule has 3 heteroatoms. The molecule has 0 aliphatic heterocycles. The highest BCUT2D eigenvalue weighted by atomic mass is 16.7. The van der Waals surface area contributed by atoms with Gasteiger partial charge in [-0.3, -0.25) is 4.84 Å². The van der Waals surface area contributed by atoms with Gasteiger partial charge >= 0.3 is 0 Å². The number of hydrogen-bond acceptors (Lipinski definition) is 3. The average molecular weight is 175 g/mol. The summed E-state index contributed by atoms with van der Waals surface area (Å²) in [5.74, 6) is 0. The number of rotatable bonds is 6. The summed E-state index contributed by atoms with van der Waals surface area (Å²) in [6.45, 7) is 7.79. The predicted octanol–water partition coefficient (Wildman–Crippen LogP) is 1.73. The van der Waals surface area contributed by atoms with E-state index in [1.165, 1.54) is 0 Å². The summed E-state index contributed by atoms with van der Waals surface area (Å²) in [6.07, 6.45) is 2.17. The molecule has 1 N–H and O–H groups in total. The normalized spacial score (nSPS) is 12.0. The first-order chi connectivity index (χ1) is 5.56. The molecule has 0 aliphatic carbocycles. The van der Waals surface area contributed by atoms with E-state index in [1.54, 1.807) is 7.11 Å². The molecule has 0 amide bonds. The fourth-order valence-corrected chi connectivity index (χ4v) is 0.711. The van der Waals surface area contributed by atoms with Crippen LogP contribution in [0.2, 0.25) is 0 Å². The van der Waals surface area contributed by atoms with Gasteiger partial charge in [0.2, 0.25) is 0 Å². The maximum atomic E-state index is 5.32. The Hall–Kier alpha value is -0.120. The summed E-state index contributed by atoms with van der Waals surface area (Å²) >= 11 is 0. The van der Waals surface area contributed by atoms with E-state index < -0.39 is 0 Å². The minimum Gasteiger partial charge on any atom is -0.385 e.